The number of aryl methyl sites for hydroxylation is 2. The van der Waals surface area contributed by atoms with Crippen molar-refractivity contribution in [3.8, 4) is 0 Å². The second-order valence-electron chi connectivity index (χ2n) is 10.1. The van der Waals surface area contributed by atoms with Gasteiger partial charge in [-0.05, 0) is 35.2 Å². The molecule has 0 bridgehead atoms. The lowest BCUT2D eigenvalue weighted by Crippen LogP contribution is -2.35. The molecule has 0 radical (unpaired) electrons. The van der Waals surface area contributed by atoms with Crippen molar-refractivity contribution in [3.05, 3.63) is 70.2 Å². The monoisotopic (exact) mass is 573 g/mol. The Morgan fingerprint density at radius 2 is 1.65 bits per heavy atom. The van der Waals surface area contributed by atoms with Crippen molar-refractivity contribution >= 4 is 34.0 Å². The Morgan fingerprint density at radius 1 is 0.975 bits per heavy atom. The summed E-state index contributed by atoms with van der Waals surface area (Å²) >= 11 is 1.25. The number of benzene rings is 2. The summed E-state index contributed by atoms with van der Waals surface area (Å²) in [6.07, 6.45) is -3.92. The number of carbonyl (C=O) groups excluding carboxylic acids is 2. The van der Waals surface area contributed by atoms with Crippen LogP contribution in [0.3, 0.4) is 0 Å². The van der Waals surface area contributed by atoms with Gasteiger partial charge in [-0.25, -0.2) is 0 Å². The number of ether oxygens (including phenoxy) is 1. The predicted molar refractivity (Wildman–Crippen MR) is 145 cm³/mol. The third-order valence-corrected chi connectivity index (χ3v) is 7.90. The molecular formula is C28H30F3N5O3S. The summed E-state index contributed by atoms with van der Waals surface area (Å²) < 4.78 is 43.0. The number of carbonyl (C=O) groups is 2. The molecule has 3 heterocycles. The average molecular weight is 574 g/mol. The fraction of sp³-hybridized carbons (Fsp3) is 0.429. The van der Waals surface area contributed by atoms with Crippen LogP contribution in [0, 0.1) is 5.92 Å². The van der Waals surface area contributed by atoms with Crippen LogP contribution in [0.1, 0.15) is 28.1 Å². The molecule has 0 unspecified atom stereocenters. The molecule has 8 nitrogen and oxygen atoms in total. The fourth-order valence-electron chi connectivity index (χ4n) is 4.85. The molecular weight excluding hydrogens is 543 g/mol. The maximum Gasteiger partial charge on any atom is 0.393 e. The second kappa shape index (κ2) is 12.4. The smallest absolute Gasteiger partial charge is 0.379 e. The Bertz CT molecular complexity index is 1310. The van der Waals surface area contributed by atoms with Gasteiger partial charge < -0.3 is 15.0 Å². The number of alkyl halides is 3. The first-order chi connectivity index (χ1) is 19.2. The van der Waals surface area contributed by atoms with Crippen LogP contribution in [0.25, 0.3) is 0 Å². The van der Waals surface area contributed by atoms with Gasteiger partial charge in [0.25, 0.3) is 0 Å². The second-order valence-corrected chi connectivity index (χ2v) is 11.1. The molecule has 0 saturated carbocycles. The van der Waals surface area contributed by atoms with E-state index in [9.17, 15) is 22.8 Å². The third-order valence-electron chi connectivity index (χ3n) is 7.01. The molecule has 1 N–H and O–H groups in total. The standard InChI is InChI=1S/C28H30F3N5O3S/c29-28(30,31)16-20-3-1-19(2-4-20)7-10-24-33-34-27(40-24)32-26(38)22-15-25(37)36(18-22)23-8-5-21(6-9-23)17-35-11-13-39-14-12-35/h1-6,8-9,22H,7,10-18H2,(H,32,34,38)/t22-/m0/s1. The van der Waals surface area contributed by atoms with Gasteiger partial charge in [0.05, 0.1) is 25.6 Å². The molecule has 2 amide bonds. The van der Waals surface area contributed by atoms with Gasteiger partial charge in [0.1, 0.15) is 5.01 Å². The summed E-state index contributed by atoms with van der Waals surface area (Å²) in [5.74, 6) is -0.869. The first-order valence-electron chi connectivity index (χ1n) is 13.2. The van der Waals surface area contributed by atoms with Gasteiger partial charge in [0, 0.05) is 44.7 Å². The van der Waals surface area contributed by atoms with E-state index in [0.29, 0.717) is 29.5 Å². The molecule has 2 aliphatic rings. The van der Waals surface area contributed by atoms with E-state index < -0.39 is 18.5 Å². The highest BCUT2D eigenvalue weighted by atomic mass is 32.1. The zero-order valence-electron chi connectivity index (χ0n) is 21.8. The summed E-state index contributed by atoms with van der Waals surface area (Å²) in [5, 5.41) is 12.0. The Labute approximate surface area is 234 Å². The van der Waals surface area contributed by atoms with Gasteiger partial charge in [-0.15, -0.1) is 10.2 Å². The lowest BCUT2D eigenvalue weighted by atomic mass is 10.1. The van der Waals surface area contributed by atoms with Crippen LogP contribution >= 0.6 is 11.3 Å². The van der Waals surface area contributed by atoms with Crippen LogP contribution in [-0.4, -0.2) is 65.9 Å². The van der Waals surface area contributed by atoms with Crippen LogP contribution in [0.2, 0.25) is 0 Å². The molecule has 5 rings (SSSR count). The van der Waals surface area contributed by atoms with Crippen LogP contribution in [0.4, 0.5) is 24.0 Å². The quantitative estimate of drug-likeness (QED) is 0.412. The molecule has 0 spiro atoms. The highest BCUT2D eigenvalue weighted by Gasteiger charge is 2.35. The zero-order valence-corrected chi connectivity index (χ0v) is 22.6. The number of hydrogen-bond donors (Lipinski definition) is 1. The lowest BCUT2D eigenvalue weighted by molar-refractivity contribution is -0.127. The van der Waals surface area contributed by atoms with Gasteiger partial charge >= 0.3 is 6.18 Å². The van der Waals surface area contributed by atoms with Gasteiger partial charge in [0.15, 0.2) is 0 Å². The van der Waals surface area contributed by atoms with E-state index in [4.69, 9.17) is 4.74 Å². The van der Waals surface area contributed by atoms with E-state index in [0.717, 1.165) is 49.7 Å². The van der Waals surface area contributed by atoms with E-state index in [1.807, 2.05) is 24.3 Å². The van der Waals surface area contributed by atoms with E-state index >= 15 is 0 Å². The first-order valence-corrected chi connectivity index (χ1v) is 14.0. The molecule has 1 aromatic heterocycles. The number of halogens is 3. The molecule has 3 aromatic rings. The number of rotatable bonds is 9. The largest absolute Gasteiger partial charge is 0.393 e. The van der Waals surface area contributed by atoms with Crippen molar-refractivity contribution in [1.29, 1.82) is 0 Å². The maximum atomic E-state index is 12.9. The third kappa shape index (κ3) is 7.64. The minimum atomic E-state index is -4.23. The molecule has 0 aliphatic carbocycles. The predicted octanol–water partition coefficient (Wildman–Crippen LogP) is 4.25. The molecule has 2 fully saturated rings. The minimum absolute atomic E-state index is 0.0970. The highest BCUT2D eigenvalue weighted by Crippen LogP contribution is 2.28. The SMILES string of the molecule is O=C(Nc1nnc(CCc2ccc(CC(F)(F)F)cc2)s1)[C@H]1CC(=O)N(c2ccc(CN3CCOCC3)cc2)C1. The van der Waals surface area contributed by atoms with Crippen molar-refractivity contribution in [2.24, 2.45) is 5.92 Å². The van der Waals surface area contributed by atoms with Crippen molar-refractivity contribution < 1.29 is 27.5 Å². The Hall–Kier alpha value is -3.35. The summed E-state index contributed by atoms with van der Waals surface area (Å²) in [6.45, 7) is 4.42. The van der Waals surface area contributed by atoms with Crippen molar-refractivity contribution in [3.63, 3.8) is 0 Å². The van der Waals surface area contributed by atoms with E-state index in [2.05, 4.69) is 20.4 Å². The number of aromatic nitrogens is 2. The number of anilines is 2. The van der Waals surface area contributed by atoms with Gasteiger partial charge in [-0.2, -0.15) is 13.2 Å². The molecule has 12 heteroatoms. The fourth-order valence-corrected chi connectivity index (χ4v) is 5.59. The maximum absolute atomic E-state index is 12.9. The van der Waals surface area contributed by atoms with Crippen LogP contribution in [-0.2, 0) is 40.1 Å². The van der Waals surface area contributed by atoms with Crippen LogP contribution in [0.5, 0.6) is 0 Å². The molecule has 2 aliphatic heterocycles. The highest BCUT2D eigenvalue weighted by molar-refractivity contribution is 7.15. The molecule has 2 aromatic carbocycles. The Morgan fingerprint density at radius 3 is 2.35 bits per heavy atom. The zero-order chi connectivity index (χ0) is 28.1. The van der Waals surface area contributed by atoms with E-state index in [1.54, 1.807) is 17.0 Å². The summed E-state index contributed by atoms with van der Waals surface area (Å²) in [5.41, 5.74) is 3.06. The molecule has 1 atom stereocenters. The molecule has 2 saturated heterocycles. The van der Waals surface area contributed by atoms with Crippen molar-refractivity contribution in [2.75, 3.05) is 43.1 Å². The van der Waals surface area contributed by atoms with Gasteiger partial charge in [-0.1, -0.05) is 47.7 Å². The normalized spacial score (nSPS) is 18.3. The Balaban J connectivity index is 1.10. The average Bonchev–Trinajstić information content (AvgIpc) is 3.55. The van der Waals surface area contributed by atoms with Gasteiger partial charge in [0.2, 0.25) is 16.9 Å². The van der Waals surface area contributed by atoms with Crippen LogP contribution < -0.4 is 10.2 Å². The van der Waals surface area contributed by atoms with Crippen molar-refractivity contribution in [1.82, 2.24) is 15.1 Å². The van der Waals surface area contributed by atoms with Crippen LogP contribution in [0.15, 0.2) is 48.5 Å². The number of morpholine rings is 1. The topological polar surface area (TPSA) is 87.7 Å². The van der Waals surface area contributed by atoms with E-state index in [-0.39, 0.29) is 23.8 Å². The first kappa shape index (κ1) is 28.2. The summed E-state index contributed by atoms with van der Waals surface area (Å²) in [6, 6.07) is 14.2. The number of hydrogen-bond acceptors (Lipinski definition) is 7. The lowest BCUT2D eigenvalue weighted by Gasteiger charge is -2.26. The molecule has 212 valence electrons. The summed E-state index contributed by atoms with van der Waals surface area (Å²) in [4.78, 5) is 29.6. The Kier molecular flexibility index (Phi) is 8.77. The number of nitrogens with zero attached hydrogens (tertiary/aromatic N) is 4. The number of nitrogens with one attached hydrogen (secondary N) is 1. The number of amides is 2. The van der Waals surface area contributed by atoms with Gasteiger partial charge in [-0.3, -0.25) is 14.5 Å². The van der Waals surface area contributed by atoms with E-state index in [1.165, 1.54) is 23.5 Å². The van der Waals surface area contributed by atoms with Crippen molar-refractivity contribution in [2.45, 2.75) is 38.4 Å². The minimum Gasteiger partial charge on any atom is -0.379 e. The molecule has 40 heavy (non-hydrogen) atoms. The summed E-state index contributed by atoms with van der Waals surface area (Å²) in [7, 11) is 0.